The summed E-state index contributed by atoms with van der Waals surface area (Å²) in [5.74, 6) is -5.88. The van der Waals surface area contributed by atoms with Gasteiger partial charge in [-0.25, -0.2) is 13.7 Å². The van der Waals surface area contributed by atoms with E-state index in [1.54, 1.807) is 20.8 Å². The van der Waals surface area contributed by atoms with E-state index in [4.69, 9.17) is 0 Å². The van der Waals surface area contributed by atoms with E-state index in [0.29, 0.717) is 5.56 Å². The van der Waals surface area contributed by atoms with Crippen LogP contribution in [0.4, 0.5) is 14.5 Å². The van der Waals surface area contributed by atoms with Crippen LogP contribution in [0, 0.1) is 10.1 Å². The van der Waals surface area contributed by atoms with Crippen molar-refractivity contribution in [2.75, 3.05) is 6.61 Å². The minimum Gasteiger partial charge on any atom is -0.461 e. The molecule has 1 aromatic carbocycles. The minimum atomic E-state index is -4.12. The first-order valence-electron chi connectivity index (χ1n) is 9.64. The molecule has 0 saturated carbocycles. The number of non-ortho nitro benzene ring substituents is 1. The average molecular weight is 447 g/mol. The van der Waals surface area contributed by atoms with Crippen molar-refractivity contribution in [3.8, 4) is 0 Å². The molecule has 1 aromatic rings. The summed E-state index contributed by atoms with van der Waals surface area (Å²) >= 11 is 0. The fraction of sp³-hybridized carbons (Fsp3) is 0.650. The van der Waals surface area contributed by atoms with Crippen molar-refractivity contribution in [3.05, 3.63) is 39.4 Å². The Morgan fingerprint density at radius 1 is 1.27 bits per heavy atom. The van der Waals surface area contributed by atoms with Crippen molar-refractivity contribution < 1.29 is 27.4 Å². The molecule has 1 aliphatic carbocycles. The van der Waals surface area contributed by atoms with Crippen LogP contribution in [0.5, 0.6) is 0 Å². The molecular formula is C20H28F2N2O5S. The standard InChI is InChI=1S/C20H28F2N2O5S/c1-7-29-16(25)20(21,22)19(23-30(28)17(2,3)4)11-10-18(5,6)14-9-8-13(24(26)27)12-15(14)19/h8-9,12,23H,7,10-11H2,1-6H3/t19-,30+/m1/s1. The number of nitro benzene ring substituents is 1. The van der Waals surface area contributed by atoms with Gasteiger partial charge >= 0.3 is 11.9 Å². The normalized spacial score (nSPS) is 22.1. The summed E-state index contributed by atoms with van der Waals surface area (Å²) < 4.78 is 50.6. The number of benzene rings is 1. The Morgan fingerprint density at radius 2 is 1.87 bits per heavy atom. The van der Waals surface area contributed by atoms with Gasteiger partial charge in [0, 0.05) is 12.1 Å². The van der Waals surface area contributed by atoms with Gasteiger partial charge in [-0.05, 0) is 57.1 Å². The highest BCUT2D eigenvalue weighted by Crippen LogP contribution is 2.53. The molecule has 0 spiro atoms. The summed E-state index contributed by atoms with van der Waals surface area (Å²) in [6.07, 6.45) is -0.0249. The molecule has 0 heterocycles. The van der Waals surface area contributed by atoms with Crippen LogP contribution in [-0.2, 0) is 31.5 Å². The number of esters is 1. The van der Waals surface area contributed by atoms with Gasteiger partial charge in [0.05, 0.1) is 27.3 Å². The minimum absolute atomic E-state index is 0.108. The first-order chi connectivity index (χ1) is 13.6. The topological polar surface area (TPSA) is 98.5 Å². The van der Waals surface area contributed by atoms with E-state index >= 15 is 8.78 Å². The molecule has 0 bridgehead atoms. The lowest BCUT2D eigenvalue weighted by Crippen LogP contribution is -2.64. The molecule has 0 fully saturated rings. The van der Waals surface area contributed by atoms with E-state index in [1.165, 1.54) is 19.1 Å². The smallest absolute Gasteiger partial charge is 0.379 e. The van der Waals surface area contributed by atoms with Crippen molar-refractivity contribution in [1.29, 1.82) is 0 Å². The molecular weight excluding hydrogens is 418 g/mol. The van der Waals surface area contributed by atoms with Crippen molar-refractivity contribution in [2.45, 2.75) is 76.0 Å². The number of halogens is 2. The molecule has 0 unspecified atom stereocenters. The van der Waals surface area contributed by atoms with Gasteiger partial charge in [-0.1, -0.05) is 19.9 Å². The number of hydrogen-bond acceptors (Lipinski definition) is 5. The second-order valence-electron chi connectivity index (χ2n) is 9.05. The van der Waals surface area contributed by atoms with Gasteiger partial charge in [0.15, 0.2) is 0 Å². The Kier molecular flexibility index (Phi) is 6.45. The second kappa shape index (κ2) is 7.96. The van der Waals surface area contributed by atoms with Gasteiger partial charge in [0.1, 0.15) is 5.54 Å². The lowest BCUT2D eigenvalue weighted by Gasteiger charge is -2.48. The molecule has 1 aliphatic rings. The van der Waals surface area contributed by atoms with E-state index < -0.39 is 43.5 Å². The van der Waals surface area contributed by atoms with Crippen molar-refractivity contribution in [2.24, 2.45) is 0 Å². The number of ether oxygens (including phenoxy) is 1. The first kappa shape index (κ1) is 24.3. The number of nitrogens with zero attached hydrogens (tertiary/aromatic N) is 1. The maximum Gasteiger partial charge on any atom is 0.379 e. The maximum absolute atomic E-state index is 15.7. The lowest BCUT2D eigenvalue weighted by molar-refractivity contribution is -0.385. The Hall–Kier alpha value is -1.94. The summed E-state index contributed by atoms with van der Waals surface area (Å²) in [4.78, 5) is 23.0. The summed E-state index contributed by atoms with van der Waals surface area (Å²) in [5, 5.41) is 11.4. The first-order valence-corrected chi connectivity index (χ1v) is 10.8. The fourth-order valence-corrected chi connectivity index (χ4v) is 4.52. The van der Waals surface area contributed by atoms with Crippen molar-refractivity contribution in [3.63, 3.8) is 0 Å². The van der Waals surface area contributed by atoms with Crippen LogP contribution >= 0.6 is 0 Å². The van der Waals surface area contributed by atoms with Gasteiger partial charge in [0.2, 0.25) is 0 Å². The summed E-state index contributed by atoms with van der Waals surface area (Å²) in [6.45, 7) is 9.63. The van der Waals surface area contributed by atoms with Crippen LogP contribution in [0.15, 0.2) is 18.2 Å². The highest BCUT2D eigenvalue weighted by atomic mass is 32.2. The van der Waals surface area contributed by atoms with Crippen LogP contribution in [-0.4, -0.2) is 32.4 Å². The van der Waals surface area contributed by atoms with E-state index in [-0.39, 0.29) is 30.7 Å². The molecule has 7 nitrogen and oxygen atoms in total. The predicted octanol–water partition coefficient (Wildman–Crippen LogP) is 4.11. The summed E-state index contributed by atoms with van der Waals surface area (Å²) in [6, 6.07) is 3.74. The SMILES string of the molecule is CCOC(=O)C(F)(F)[C@@]1(N[S@@](=O)C(C)(C)C)CCC(C)(C)c2ccc([N+](=O)[O-])cc21. The second-order valence-corrected chi connectivity index (χ2v) is 11.0. The Labute approximate surface area is 177 Å². The molecule has 2 atom stereocenters. The molecule has 0 radical (unpaired) electrons. The molecule has 1 N–H and O–H groups in total. The zero-order valence-electron chi connectivity index (χ0n) is 18.0. The largest absolute Gasteiger partial charge is 0.461 e. The fourth-order valence-electron chi connectivity index (χ4n) is 3.56. The molecule has 30 heavy (non-hydrogen) atoms. The number of carbonyl (C=O) groups excluding carboxylic acids is 1. The molecule has 0 aliphatic heterocycles. The number of fused-ring (bicyclic) bond motifs is 1. The summed E-state index contributed by atoms with van der Waals surface area (Å²) in [7, 11) is -2.00. The lowest BCUT2D eigenvalue weighted by atomic mass is 9.63. The number of hydrogen-bond donors (Lipinski definition) is 1. The Bertz CT molecular complexity index is 882. The third-order valence-corrected chi connectivity index (χ3v) is 7.07. The highest BCUT2D eigenvalue weighted by molar-refractivity contribution is 7.84. The number of carbonyl (C=O) groups is 1. The van der Waals surface area contributed by atoms with Crippen molar-refractivity contribution >= 4 is 22.6 Å². The maximum atomic E-state index is 15.7. The van der Waals surface area contributed by atoms with Crippen LogP contribution in [0.1, 0.15) is 65.5 Å². The monoisotopic (exact) mass is 446 g/mol. The van der Waals surface area contributed by atoms with Crippen LogP contribution in [0.25, 0.3) is 0 Å². The average Bonchev–Trinajstić information content (AvgIpc) is 2.63. The zero-order valence-corrected chi connectivity index (χ0v) is 18.8. The highest BCUT2D eigenvalue weighted by Gasteiger charge is 2.65. The van der Waals surface area contributed by atoms with Gasteiger partial charge in [-0.15, -0.1) is 0 Å². The molecule has 0 saturated heterocycles. The van der Waals surface area contributed by atoms with Gasteiger partial charge in [-0.3, -0.25) is 10.1 Å². The van der Waals surface area contributed by atoms with E-state index in [1.807, 2.05) is 13.8 Å². The Morgan fingerprint density at radius 3 is 2.37 bits per heavy atom. The molecule has 10 heteroatoms. The van der Waals surface area contributed by atoms with Crippen LogP contribution in [0.3, 0.4) is 0 Å². The van der Waals surface area contributed by atoms with Crippen LogP contribution < -0.4 is 4.72 Å². The van der Waals surface area contributed by atoms with E-state index in [9.17, 15) is 19.1 Å². The Balaban J connectivity index is 2.86. The summed E-state index contributed by atoms with van der Waals surface area (Å²) in [5.41, 5.74) is -3.07. The van der Waals surface area contributed by atoms with Gasteiger partial charge < -0.3 is 4.74 Å². The molecule has 0 amide bonds. The van der Waals surface area contributed by atoms with Crippen molar-refractivity contribution in [1.82, 2.24) is 4.72 Å². The number of nitrogens with one attached hydrogen (secondary N) is 1. The number of nitro groups is 1. The number of rotatable bonds is 6. The molecule has 0 aromatic heterocycles. The van der Waals surface area contributed by atoms with E-state index in [2.05, 4.69) is 9.46 Å². The molecule has 168 valence electrons. The molecule has 2 rings (SSSR count). The number of alkyl halides is 2. The predicted molar refractivity (Wildman–Crippen MR) is 110 cm³/mol. The van der Waals surface area contributed by atoms with Gasteiger partial charge in [-0.2, -0.15) is 8.78 Å². The van der Waals surface area contributed by atoms with E-state index in [0.717, 1.165) is 6.07 Å². The van der Waals surface area contributed by atoms with Crippen LogP contribution in [0.2, 0.25) is 0 Å². The quantitative estimate of drug-likeness (QED) is 0.403. The third-order valence-electron chi connectivity index (χ3n) is 5.42. The third kappa shape index (κ3) is 4.12. The zero-order chi connectivity index (χ0) is 23.1. The van der Waals surface area contributed by atoms with Gasteiger partial charge in [0.25, 0.3) is 5.69 Å².